The van der Waals surface area contributed by atoms with Crippen LogP contribution in [0.2, 0.25) is 0 Å². The third-order valence-corrected chi connectivity index (χ3v) is 7.29. The van der Waals surface area contributed by atoms with Crippen LogP contribution in [0.3, 0.4) is 0 Å². The number of carbonyl (C=O) groups is 1. The Bertz CT molecular complexity index is 1390. The van der Waals surface area contributed by atoms with Crippen LogP contribution in [-0.2, 0) is 16.1 Å². The number of hydrogen-bond donors (Lipinski definition) is 3. The van der Waals surface area contributed by atoms with E-state index in [9.17, 15) is 14.3 Å². The highest BCUT2D eigenvalue weighted by Gasteiger charge is 2.47. The lowest BCUT2D eigenvalue weighted by Crippen LogP contribution is -2.51. The van der Waals surface area contributed by atoms with E-state index in [1.807, 2.05) is 12.1 Å². The van der Waals surface area contributed by atoms with Crippen LogP contribution in [-0.4, -0.2) is 54.0 Å². The Balaban J connectivity index is 1.49. The smallest absolute Gasteiger partial charge is 0.308 e. The molecule has 3 fully saturated rings. The molecule has 3 aliphatic rings. The van der Waals surface area contributed by atoms with Crippen molar-refractivity contribution in [1.29, 1.82) is 0 Å². The first-order valence-electron chi connectivity index (χ1n) is 11.4. The fraction of sp³-hybridized carbons (Fsp3) is 0.435. The molecule has 3 saturated carbocycles. The molecule has 0 amide bonds. The molecule has 4 aromatic heterocycles. The number of carboxylic acids is 1. The summed E-state index contributed by atoms with van der Waals surface area (Å²) in [6.45, 7) is 0.329. The molecule has 11 heteroatoms. The van der Waals surface area contributed by atoms with Crippen molar-refractivity contribution in [2.75, 3.05) is 12.4 Å². The lowest BCUT2D eigenvalue weighted by Gasteiger charge is -2.47. The molecule has 4 aromatic rings. The number of aromatic amines is 1. The number of rotatable bonds is 6. The molecule has 34 heavy (non-hydrogen) atoms. The summed E-state index contributed by atoms with van der Waals surface area (Å²) in [7, 11) is 1.60. The minimum Gasteiger partial charge on any atom is -0.481 e. The molecule has 0 aromatic carbocycles. The summed E-state index contributed by atoms with van der Waals surface area (Å²) < 4.78 is 21.0. The zero-order valence-electron chi connectivity index (χ0n) is 18.5. The van der Waals surface area contributed by atoms with Crippen LogP contribution in [0.25, 0.3) is 28.1 Å². The highest BCUT2D eigenvalue weighted by Crippen LogP contribution is 2.46. The fourth-order valence-corrected chi connectivity index (χ4v) is 5.73. The van der Waals surface area contributed by atoms with Gasteiger partial charge >= 0.3 is 5.97 Å². The van der Waals surface area contributed by atoms with E-state index < -0.39 is 17.7 Å². The molecule has 7 rings (SSSR count). The third kappa shape index (κ3) is 3.30. The molecule has 3 aliphatic carbocycles. The van der Waals surface area contributed by atoms with Gasteiger partial charge in [0.15, 0.2) is 11.5 Å². The van der Waals surface area contributed by atoms with Crippen LogP contribution in [0.4, 0.5) is 10.2 Å². The number of carboxylic acid groups (broad SMARTS) is 1. The Labute approximate surface area is 193 Å². The first kappa shape index (κ1) is 21.0. The number of fused-ring (bicyclic) bond motifs is 5. The zero-order valence-corrected chi connectivity index (χ0v) is 18.5. The summed E-state index contributed by atoms with van der Waals surface area (Å²) >= 11 is 0. The van der Waals surface area contributed by atoms with Gasteiger partial charge in [-0.3, -0.25) is 9.89 Å². The lowest BCUT2D eigenvalue weighted by molar-refractivity contribution is -0.148. The molecule has 3 N–H and O–H groups in total. The van der Waals surface area contributed by atoms with E-state index in [4.69, 9.17) is 9.72 Å². The van der Waals surface area contributed by atoms with Crippen molar-refractivity contribution < 1.29 is 19.0 Å². The number of anilines is 1. The number of pyridine rings is 1. The number of nitrogens with zero attached hydrogens (tertiary/aromatic N) is 5. The molecule has 0 saturated heterocycles. The van der Waals surface area contributed by atoms with Crippen molar-refractivity contribution >= 4 is 28.3 Å². The molecule has 0 radical (unpaired) electrons. The van der Waals surface area contributed by atoms with Crippen LogP contribution in [0.5, 0.6) is 0 Å². The fourth-order valence-electron chi connectivity index (χ4n) is 5.73. The second-order valence-corrected chi connectivity index (χ2v) is 9.17. The minimum absolute atomic E-state index is 0.166. The Kier molecular flexibility index (Phi) is 4.94. The van der Waals surface area contributed by atoms with Crippen molar-refractivity contribution in [3.8, 4) is 11.5 Å². The largest absolute Gasteiger partial charge is 0.481 e. The molecule has 0 unspecified atom stereocenters. The molecule has 0 spiro atoms. The average molecular weight is 465 g/mol. The van der Waals surface area contributed by atoms with Gasteiger partial charge < -0.3 is 15.2 Å². The first-order chi connectivity index (χ1) is 16.5. The maximum atomic E-state index is 13.9. The van der Waals surface area contributed by atoms with Crippen molar-refractivity contribution in [2.24, 2.45) is 17.8 Å². The summed E-state index contributed by atoms with van der Waals surface area (Å²) in [6.07, 6.45) is 5.02. The minimum atomic E-state index is -0.770. The van der Waals surface area contributed by atoms with E-state index in [1.54, 1.807) is 11.6 Å². The SMILES string of the molecule is COCc1ccc2c(N[C@H]3C4CCC(CC4)[C@@H]3C(=O)O)nc(-c3[nH]nc4ncc(F)cc34)nn12. The Morgan fingerprint density at radius 2 is 2.09 bits per heavy atom. The number of nitrogens with one attached hydrogen (secondary N) is 2. The maximum Gasteiger partial charge on any atom is 0.308 e. The van der Waals surface area contributed by atoms with Gasteiger partial charge in [0.25, 0.3) is 0 Å². The number of methoxy groups -OCH3 is 1. The van der Waals surface area contributed by atoms with Gasteiger partial charge in [0.1, 0.15) is 17.0 Å². The van der Waals surface area contributed by atoms with E-state index in [0.29, 0.717) is 35.0 Å². The molecule has 4 heterocycles. The predicted octanol–water partition coefficient (Wildman–Crippen LogP) is 3.25. The standard InChI is InChI=1S/C23H24FN7O3/c1-34-10-14-6-7-16-21(26-18-12-4-2-11(3-5-12)17(18)23(32)33)27-22(30-31(14)16)19-15-8-13(24)9-25-20(15)29-28-19/h6-9,11-12,17-18H,2-5,10H2,1H3,(H,32,33)(H,25,28,29)(H,26,27,30)/t11?,12?,17-,18-/m0/s1. The molecule has 0 aliphatic heterocycles. The molecule has 10 nitrogen and oxygen atoms in total. The van der Waals surface area contributed by atoms with Gasteiger partial charge in [0.2, 0.25) is 5.82 Å². The van der Waals surface area contributed by atoms with Crippen molar-refractivity contribution in [3.63, 3.8) is 0 Å². The van der Waals surface area contributed by atoms with Gasteiger partial charge in [0, 0.05) is 13.2 Å². The number of halogens is 1. The van der Waals surface area contributed by atoms with Crippen LogP contribution in [0, 0.1) is 23.6 Å². The second kappa shape index (κ2) is 8.01. The molecular formula is C23H24FN7O3. The summed E-state index contributed by atoms with van der Waals surface area (Å²) in [4.78, 5) is 21.0. The van der Waals surface area contributed by atoms with E-state index in [-0.39, 0.29) is 17.9 Å². The number of H-pyrrole nitrogens is 1. The molecule has 176 valence electrons. The van der Waals surface area contributed by atoms with Gasteiger partial charge in [-0.25, -0.2) is 18.9 Å². The van der Waals surface area contributed by atoms with Crippen LogP contribution in [0.15, 0.2) is 24.4 Å². The monoisotopic (exact) mass is 465 g/mol. The van der Waals surface area contributed by atoms with Crippen molar-refractivity contribution in [3.05, 3.63) is 35.9 Å². The number of aromatic nitrogens is 6. The lowest BCUT2D eigenvalue weighted by atomic mass is 9.61. The van der Waals surface area contributed by atoms with Gasteiger partial charge in [-0.15, -0.1) is 5.10 Å². The highest BCUT2D eigenvalue weighted by atomic mass is 19.1. The van der Waals surface area contributed by atoms with Gasteiger partial charge in [0.05, 0.1) is 29.8 Å². The van der Waals surface area contributed by atoms with Gasteiger partial charge in [-0.2, -0.15) is 5.10 Å². The second-order valence-electron chi connectivity index (χ2n) is 9.17. The number of aliphatic carboxylic acids is 1. The number of hydrogen-bond acceptors (Lipinski definition) is 7. The summed E-state index contributed by atoms with van der Waals surface area (Å²) in [5.41, 5.74) is 2.31. The highest BCUT2D eigenvalue weighted by molar-refractivity contribution is 5.89. The van der Waals surface area contributed by atoms with E-state index in [2.05, 4.69) is 25.6 Å². The normalized spacial score (nSPS) is 24.2. The van der Waals surface area contributed by atoms with E-state index in [0.717, 1.165) is 43.1 Å². The Hall–Kier alpha value is -3.60. The topological polar surface area (TPSA) is 130 Å². The molecule has 2 atom stereocenters. The first-order valence-corrected chi connectivity index (χ1v) is 11.4. The van der Waals surface area contributed by atoms with Crippen molar-refractivity contribution in [1.82, 2.24) is 29.8 Å². The van der Waals surface area contributed by atoms with Crippen LogP contribution >= 0.6 is 0 Å². The Morgan fingerprint density at radius 3 is 2.85 bits per heavy atom. The maximum absolute atomic E-state index is 13.9. The number of ether oxygens (including phenoxy) is 1. The van der Waals surface area contributed by atoms with E-state index >= 15 is 0 Å². The zero-order chi connectivity index (χ0) is 23.4. The summed E-state index contributed by atoms with van der Waals surface area (Å²) in [6, 6.07) is 4.91. The molecule has 2 bridgehead atoms. The van der Waals surface area contributed by atoms with Gasteiger partial charge in [-0.1, -0.05) is 0 Å². The predicted molar refractivity (Wildman–Crippen MR) is 121 cm³/mol. The Morgan fingerprint density at radius 1 is 1.29 bits per heavy atom. The van der Waals surface area contributed by atoms with E-state index in [1.165, 1.54) is 6.07 Å². The third-order valence-electron chi connectivity index (χ3n) is 7.29. The summed E-state index contributed by atoms with van der Waals surface area (Å²) in [5, 5.41) is 25.7. The van der Waals surface area contributed by atoms with Crippen LogP contribution in [0.1, 0.15) is 31.4 Å². The van der Waals surface area contributed by atoms with Crippen molar-refractivity contribution in [2.45, 2.75) is 38.3 Å². The summed E-state index contributed by atoms with van der Waals surface area (Å²) in [5.74, 6) is -0.463. The quantitative estimate of drug-likeness (QED) is 0.396. The van der Waals surface area contributed by atoms with Crippen LogP contribution < -0.4 is 5.32 Å². The average Bonchev–Trinajstić information content (AvgIpc) is 3.44. The molecular weight excluding hydrogens is 441 g/mol. The van der Waals surface area contributed by atoms with Gasteiger partial charge in [-0.05, 0) is 55.7 Å².